The summed E-state index contributed by atoms with van der Waals surface area (Å²) in [5, 5.41) is 12.3. The highest BCUT2D eigenvalue weighted by Gasteiger charge is 2.06. The lowest BCUT2D eigenvalue weighted by molar-refractivity contribution is -0.115. The van der Waals surface area contributed by atoms with Crippen LogP contribution < -0.4 is 10.1 Å². The first-order chi connectivity index (χ1) is 11.7. The predicted molar refractivity (Wildman–Crippen MR) is 94.8 cm³/mol. The molecule has 2 rings (SSSR count). The summed E-state index contributed by atoms with van der Waals surface area (Å²) < 4.78 is 5.03. The van der Waals surface area contributed by atoms with Crippen molar-refractivity contribution >= 4 is 11.6 Å². The molecule has 0 heterocycles. The first kappa shape index (κ1) is 16.9. The van der Waals surface area contributed by atoms with E-state index < -0.39 is 11.7 Å². The third-order valence-corrected chi connectivity index (χ3v) is 3.00. The summed E-state index contributed by atoms with van der Waals surface area (Å²) in [6.07, 6.45) is 4.36. The Morgan fingerprint density at radius 1 is 1.12 bits per heavy atom. The van der Waals surface area contributed by atoms with Gasteiger partial charge in [0.2, 0.25) is 0 Å². The quantitative estimate of drug-likeness (QED) is 0.391. The molecular weight excluding hydrogens is 302 g/mol. The number of aliphatic hydroxyl groups is 1. The summed E-state index contributed by atoms with van der Waals surface area (Å²) in [5.74, 6) is 5.46. The van der Waals surface area contributed by atoms with E-state index in [1.165, 1.54) is 12.2 Å². The zero-order valence-corrected chi connectivity index (χ0v) is 13.2. The van der Waals surface area contributed by atoms with Crippen LogP contribution in [0.2, 0.25) is 0 Å². The predicted octanol–water partition coefficient (Wildman–Crippen LogP) is 3.68. The number of allylic oxidation sites excluding steroid dienone is 3. The van der Waals surface area contributed by atoms with Crippen LogP contribution in [0.25, 0.3) is 0 Å². The van der Waals surface area contributed by atoms with Gasteiger partial charge in [0.1, 0.15) is 5.75 Å². The number of carbonyl (C=O) groups is 1. The number of ether oxygens (including phenoxy) is 1. The lowest BCUT2D eigenvalue weighted by Gasteiger charge is -2.05. The van der Waals surface area contributed by atoms with Crippen molar-refractivity contribution in [2.24, 2.45) is 0 Å². The van der Waals surface area contributed by atoms with Crippen LogP contribution in [0.15, 0.2) is 78.6 Å². The van der Waals surface area contributed by atoms with E-state index in [1.807, 2.05) is 30.3 Å². The van der Waals surface area contributed by atoms with Gasteiger partial charge in [-0.1, -0.05) is 30.0 Å². The van der Waals surface area contributed by atoms with Gasteiger partial charge in [0, 0.05) is 11.3 Å². The lowest BCUT2D eigenvalue weighted by Crippen LogP contribution is -2.13. The van der Waals surface area contributed by atoms with Crippen LogP contribution in [0, 0.1) is 11.8 Å². The van der Waals surface area contributed by atoms with Gasteiger partial charge in [0.25, 0.3) is 5.91 Å². The summed E-state index contributed by atoms with van der Waals surface area (Å²) >= 11 is 0. The van der Waals surface area contributed by atoms with Gasteiger partial charge in [0.15, 0.2) is 5.76 Å². The molecule has 4 nitrogen and oxygen atoms in total. The smallest absolute Gasteiger partial charge is 0.290 e. The third-order valence-electron chi connectivity index (χ3n) is 3.00. The standard InChI is InChI=1S/C20H17NO3/c1-24-18-14-12-17(13-15-18)21-20(23)19(22)11-7-3-6-10-16-8-4-2-5-9-16/h2-5,7-9,11-15,22H,1H3,(H,21,23)/b7-3+,19-11-. The molecule has 0 aliphatic carbocycles. The molecule has 1 amide bonds. The minimum atomic E-state index is -0.596. The fraction of sp³-hybridized carbons (Fsp3) is 0.0500. The first-order valence-electron chi connectivity index (χ1n) is 7.27. The Labute approximate surface area is 141 Å². The van der Waals surface area contributed by atoms with Crippen molar-refractivity contribution in [3.05, 3.63) is 84.1 Å². The normalized spacial score (nSPS) is 10.8. The number of anilines is 1. The number of nitrogens with one attached hydrogen (secondary N) is 1. The summed E-state index contributed by atoms with van der Waals surface area (Å²) in [6, 6.07) is 16.3. The van der Waals surface area contributed by atoms with Crippen molar-refractivity contribution < 1.29 is 14.6 Å². The van der Waals surface area contributed by atoms with Crippen LogP contribution in [-0.4, -0.2) is 18.1 Å². The van der Waals surface area contributed by atoms with E-state index in [1.54, 1.807) is 37.5 Å². The molecule has 0 saturated carbocycles. The maximum atomic E-state index is 11.8. The van der Waals surface area contributed by atoms with Crippen LogP contribution in [0.1, 0.15) is 5.56 Å². The van der Waals surface area contributed by atoms with Crippen LogP contribution in [0.5, 0.6) is 5.75 Å². The molecule has 24 heavy (non-hydrogen) atoms. The number of aliphatic hydroxyl groups excluding tert-OH is 1. The first-order valence-corrected chi connectivity index (χ1v) is 7.27. The van der Waals surface area contributed by atoms with Crippen molar-refractivity contribution in [1.82, 2.24) is 0 Å². The number of hydrogen-bond acceptors (Lipinski definition) is 3. The SMILES string of the molecule is COc1ccc(NC(=O)/C(O)=C/C=C/C#Cc2ccccc2)cc1. The Balaban J connectivity index is 1.91. The number of hydrogen-bond donors (Lipinski definition) is 2. The largest absolute Gasteiger partial charge is 0.503 e. The Morgan fingerprint density at radius 3 is 2.50 bits per heavy atom. The maximum Gasteiger partial charge on any atom is 0.290 e. The van der Waals surface area contributed by atoms with Gasteiger partial charge < -0.3 is 15.2 Å². The molecule has 4 heteroatoms. The van der Waals surface area contributed by atoms with Crippen molar-refractivity contribution in [2.45, 2.75) is 0 Å². The maximum absolute atomic E-state index is 11.8. The molecule has 2 N–H and O–H groups in total. The van der Waals surface area contributed by atoms with Crippen molar-refractivity contribution in [1.29, 1.82) is 0 Å². The third kappa shape index (κ3) is 5.39. The average Bonchev–Trinajstić information content (AvgIpc) is 2.62. The molecular formula is C20H17NO3. The van der Waals surface area contributed by atoms with Crippen molar-refractivity contribution in [2.75, 3.05) is 12.4 Å². The second-order valence-corrected chi connectivity index (χ2v) is 4.73. The molecule has 0 spiro atoms. The molecule has 0 fully saturated rings. The molecule has 0 atom stereocenters. The molecule has 120 valence electrons. The molecule has 0 aliphatic rings. The second-order valence-electron chi connectivity index (χ2n) is 4.73. The van der Waals surface area contributed by atoms with E-state index in [9.17, 15) is 9.90 Å². The van der Waals surface area contributed by atoms with Crippen LogP contribution in [0.4, 0.5) is 5.69 Å². The van der Waals surface area contributed by atoms with Gasteiger partial charge in [-0.3, -0.25) is 4.79 Å². The minimum Gasteiger partial charge on any atom is -0.503 e. The van der Waals surface area contributed by atoms with Gasteiger partial charge >= 0.3 is 0 Å². The zero-order chi connectivity index (χ0) is 17.2. The van der Waals surface area contributed by atoms with Crippen LogP contribution in [-0.2, 0) is 4.79 Å². The van der Waals surface area contributed by atoms with E-state index >= 15 is 0 Å². The summed E-state index contributed by atoms with van der Waals surface area (Å²) in [5.41, 5.74) is 1.46. The highest BCUT2D eigenvalue weighted by atomic mass is 16.5. The van der Waals surface area contributed by atoms with Gasteiger partial charge in [-0.05, 0) is 54.6 Å². The lowest BCUT2D eigenvalue weighted by atomic mass is 10.2. The molecule has 2 aromatic carbocycles. The van der Waals surface area contributed by atoms with Gasteiger partial charge in [-0.25, -0.2) is 0 Å². The second kappa shape index (κ2) is 8.86. The van der Waals surface area contributed by atoms with E-state index in [-0.39, 0.29) is 0 Å². The van der Waals surface area contributed by atoms with Gasteiger partial charge in [-0.2, -0.15) is 0 Å². The van der Waals surface area contributed by atoms with E-state index in [0.717, 1.165) is 5.56 Å². The number of amides is 1. The van der Waals surface area contributed by atoms with E-state index in [2.05, 4.69) is 17.2 Å². The van der Waals surface area contributed by atoms with E-state index in [4.69, 9.17) is 4.74 Å². The number of rotatable bonds is 4. The molecule has 0 aromatic heterocycles. The topological polar surface area (TPSA) is 58.6 Å². The molecule has 2 aromatic rings. The molecule has 0 unspecified atom stereocenters. The molecule has 0 aliphatic heterocycles. The van der Waals surface area contributed by atoms with Gasteiger partial charge in [0.05, 0.1) is 7.11 Å². The van der Waals surface area contributed by atoms with Crippen molar-refractivity contribution in [3.8, 4) is 17.6 Å². The highest BCUT2D eigenvalue weighted by molar-refractivity contribution is 6.02. The molecule has 0 saturated heterocycles. The summed E-state index contributed by atoms with van der Waals surface area (Å²) in [6.45, 7) is 0. The van der Waals surface area contributed by atoms with Crippen LogP contribution in [0.3, 0.4) is 0 Å². The fourth-order valence-corrected chi connectivity index (χ4v) is 1.78. The minimum absolute atomic E-state index is 0.399. The van der Waals surface area contributed by atoms with Crippen LogP contribution >= 0.6 is 0 Å². The highest BCUT2D eigenvalue weighted by Crippen LogP contribution is 2.15. The Bertz CT molecular complexity index is 794. The zero-order valence-electron chi connectivity index (χ0n) is 13.2. The Kier molecular flexibility index (Phi) is 6.25. The summed E-state index contributed by atoms with van der Waals surface area (Å²) in [4.78, 5) is 11.8. The Hall–Kier alpha value is -3.45. The van der Waals surface area contributed by atoms with E-state index in [0.29, 0.717) is 11.4 Å². The Morgan fingerprint density at radius 2 is 1.83 bits per heavy atom. The van der Waals surface area contributed by atoms with Gasteiger partial charge in [-0.15, -0.1) is 0 Å². The molecule has 0 radical (unpaired) electrons. The fourth-order valence-electron chi connectivity index (χ4n) is 1.78. The molecule has 0 bridgehead atoms. The monoisotopic (exact) mass is 319 g/mol. The number of methoxy groups -OCH3 is 1. The average molecular weight is 319 g/mol. The number of benzene rings is 2. The van der Waals surface area contributed by atoms with Crippen molar-refractivity contribution in [3.63, 3.8) is 0 Å². The number of carbonyl (C=O) groups excluding carboxylic acids is 1. The summed E-state index contributed by atoms with van der Waals surface area (Å²) in [7, 11) is 1.56.